The van der Waals surface area contributed by atoms with Crippen LogP contribution in [0.4, 0.5) is 0 Å². The highest BCUT2D eigenvalue weighted by atomic mass is 16.5. The fraction of sp³-hybridized carbons (Fsp3) is 0.333. The van der Waals surface area contributed by atoms with E-state index in [1.165, 1.54) is 12.2 Å². The normalized spacial score (nSPS) is 11.4. The number of esters is 2. The van der Waals surface area contributed by atoms with Crippen LogP contribution < -0.4 is 0 Å². The fourth-order valence-corrected chi connectivity index (χ4v) is 2.64. The molecule has 0 amide bonds. The third-order valence-corrected chi connectivity index (χ3v) is 3.90. The Morgan fingerprint density at radius 1 is 0.889 bits per heavy atom. The van der Waals surface area contributed by atoms with Gasteiger partial charge >= 0.3 is 11.9 Å². The van der Waals surface area contributed by atoms with E-state index < -0.39 is 11.9 Å². The molecule has 1 aromatic rings. The highest BCUT2D eigenvalue weighted by molar-refractivity contribution is 6.00. The molecule has 0 spiro atoms. The number of hydrogen-bond acceptors (Lipinski definition) is 6. The van der Waals surface area contributed by atoms with Gasteiger partial charge in [0.1, 0.15) is 23.3 Å². The zero-order chi connectivity index (χ0) is 20.6. The van der Waals surface area contributed by atoms with Gasteiger partial charge in [-0.2, -0.15) is 10.5 Å². The Morgan fingerprint density at radius 3 is 1.56 bits per heavy atom. The molecule has 0 aliphatic rings. The minimum Gasteiger partial charge on any atom is -0.462 e. The van der Waals surface area contributed by atoms with E-state index in [-0.39, 0.29) is 24.4 Å². The lowest BCUT2D eigenvalue weighted by Gasteiger charge is -2.14. The minimum absolute atomic E-state index is 0.118. The largest absolute Gasteiger partial charge is 0.462 e. The van der Waals surface area contributed by atoms with Crippen molar-refractivity contribution in [3.8, 4) is 12.1 Å². The van der Waals surface area contributed by atoms with Gasteiger partial charge < -0.3 is 9.47 Å². The molecule has 6 nitrogen and oxygen atoms in total. The lowest BCUT2D eigenvalue weighted by molar-refractivity contribution is -0.138. The smallest absolute Gasteiger partial charge is 0.348 e. The Bertz CT molecular complexity index is 826. The summed E-state index contributed by atoms with van der Waals surface area (Å²) in [6.07, 6.45) is 2.94. The van der Waals surface area contributed by atoms with Gasteiger partial charge in [0, 0.05) is 0 Å². The highest BCUT2D eigenvalue weighted by Gasteiger charge is 2.16. The van der Waals surface area contributed by atoms with Crippen molar-refractivity contribution in [1.29, 1.82) is 10.5 Å². The Kier molecular flexibility index (Phi) is 7.97. The van der Waals surface area contributed by atoms with Gasteiger partial charge in [-0.15, -0.1) is 0 Å². The van der Waals surface area contributed by atoms with Gasteiger partial charge in [0.2, 0.25) is 0 Å². The third kappa shape index (κ3) is 5.29. The van der Waals surface area contributed by atoms with E-state index >= 15 is 0 Å². The second-order valence-electron chi connectivity index (χ2n) is 5.74. The summed E-state index contributed by atoms with van der Waals surface area (Å²) in [5, 5.41) is 18.5. The summed E-state index contributed by atoms with van der Waals surface area (Å²) in [5.41, 5.74) is 3.54. The molecule has 0 atom stereocenters. The van der Waals surface area contributed by atoms with E-state index in [4.69, 9.17) is 9.47 Å². The molecule has 0 radical (unpaired) electrons. The standard InChI is InChI=1S/C21H22N2O4/c1-6-26-20(24)16(11-22)9-18-13(3)8-14(4)19(15(18)5)10-17(12-23)21(25)27-7-2/h8-10H,6-7H2,1-5H3/b16-9+,17-10+. The van der Waals surface area contributed by atoms with E-state index in [1.807, 2.05) is 32.1 Å². The summed E-state index contributed by atoms with van der Waals surface area (Å²) < 4.78 is 9.79. The molecule has 0 unspecified atom stereocenters. The van der Waals surface area contributed by atoms with E-state index in [0.717, 1.165) is 16.7 Å². The molecule has 0 heterocycles. The SMILES string of the molecule is CCOC(=O)/C(C#N)=C/c1c(C)cc(C)c(/C=C(\C#N)C(=O)OCC)c1C. The van der Waals surface area contributed by atoms with Gasteiger partial charge in [0.05, 0.1) is 13.2 Å². The third-order valence-electron chi connectivity index (χ3n) is 3.90. The number of carbonyl (C=O) groups excluding carboxylic acids is 2. The Labute approximate surface area is 159 Å². The van der Waals surface area contributed by atoms with Crippen molar-refractivity contribution in [2.24, 2.45) is 0 Å². The predicted molar refractivity (Wildman–Crippen MR) is 101 cm³/mol. The Hall–Kier alpha value is -3.38. The number of nitriles is 2. The van der Waals surface area contributed by atoms with Crippen LogP contribution in [-0.4, -0.2) is 25.2 Å². The van der Waals surface area contributed by atoms with Crippen molar-refractivity contribution in [2.75, 3.05) is 13.2 Å². The molecule has 1 rings (SSSR count). The van der Waals surface area contributed by atoms with Gasteiger partial charge in [-0.05, 0) is 74.6 Å². The summed E-state index contributed by atoms with van der Waals surface area (Å²) >= 11 is 0. The summed E-state index contributed by atoms with van der Waals surface area (Å²) in [5.74, 6) is -1.39. The average molecular weight is 366 g/mol. The molecule has 0 aliphatic carbocycles. The van der Waals surface area contributed by atoms with Crippen LogP contribution in [0.1, 0.15) is 41.7 Å². The Balaban J connectivity index is 3.59. The molecule has 1 aromatic carbocycles. The first kappa shape index (κ1) is 21.7. The first-order chi connectivity index (χ1) is 12.8. The molecule has 0 bridgehead atoms. The lowest BCUT2D eigenvalue weighted by atomic mass is 9.91. The first-order valence-electron chi connectivity index (χ1n) is 8.49. The van der Waals surface area contributed by atoms with E-state index in [0.29, 0.717) is 11.1 Å². The molecular weight excluding hydrogens is 344 g/mol. The predicted octanol–water partition coefficient (Wildman–Crippen LogP) is 3.55. The fourth-order valence-electron chi connectivity index (χ4n) is 2.64. The first-order valence-corrected chi connectivity index (χ1v) is 8.49. The number of nitrogens with zero attached hydrogens (tertiary/aromatic N) is 2. The van der Waals surface area contributed by atoms with Gasteiger partial charge in [0.15, 0.2) is 0 Å². The van der Waals surface area contributed by atoms with Crippen molar-refractivity contribution in [2.45, 2.75) is 34.6 Å². The maximum Gasteiger partial charge on any atom is 0.348 e. The van der Waals surface area contributed by atoms with Gasteiger partial charge in [-0.1, -0.05) is 6.07 Å². The summed E-state index contributed by atoms with van der Waals surface area (Å²) in [4.78, 5) is 23.8. The second kappa shape index (κ2) is 9.94. The van der Waals surface area contributed by atoms with E-state index in [2.05, 4.69) is 0 Å². The Morgan fingerprint density at radius 2 is 1.26 bits per heavy atom. The maximum atomic E-state index is 11.9. The van der Waals surface area contributed by atoms with Crippen molar-refractivity contribution >= 4 is 24.1 Å². The second-order valence-corrected chi connectivity index (χ2v) is 5.74. The summed E-state index contributed by atoms with van der Waals surface area (Å²) in [7, 11) is 0. The van der Waals surface area contributed by atoms with Crippen LogP contribution in [0, 0.1) is 43.4 Å². The molecule has 0 N–H and O–H groups in total. The molecule has 140 valence electrons. The van der Waals surface area contributed by atoms with Crippen LogP contribution in [0.5, 0.6) is 0 Å². The molecule has 27 heavy (non-hydrogen) atoms. The number of hydrogen-bond donors (Lipinski definition) is 0. The topological polar surface area (TPSA) is 100 Å². The van der Waals surface area contributed by atoms with Gasteiger partial charge in [-0.3, -0.25) is 0 Å². The molecule has 0 saturated heterocycles. The van der Waals surface area contributed by atoms with Crippen molar-refractivity contribution in [1.82, 2.24) is 0 Å². The highest BCUT2D eigenvalue weighted by Crippen LogP contribution is 2.27. The van der Waals surface area contributed by atoms with Crippen LogP contribution in [0.25, 0.3) is 12.2 Å². The van der Waals surface area contributed by atoms with Crippen LogP contribution in [-0.2, 0) is 19.1 Å². The monoisotopic (exact) mass is 366 g/mol. The van der Waals surface area contributed by atoms with Crippen LogP contribution in [0.2, 0.25) is 0 Å². The van der Waals surface area contributed by atoms with Gasteiger partial charge in [0.25, 0.3) is 0 Å². The van der Waals surface area contributed by atoms with Crippen molar-refractivity contribution in [3.63, 3.8) is 0 Å². The van der Waals surface area contributed by atoms with Crippen LogP contribution >= 0.6 is 0 Å². The molecule has 0 aliphatic heterocycles. The van der Waals surface area contributed by atoms with E-state index in [1.54, 1.807) is 20.8 Å². The quantitative estimate of drug-likeness (QED) is 0.433. The minimum atomic E-state index is -0.694. The average Bonchev–Trinajstić information content (AvgIpc) is 2.62. The van der Waals surface area contributed by atoms with Gasteiger partial charge in [-0.25, -0.2) is 9.59 Å². The van der Waals surface area contributed by atoms with E-state index in [9.17, 15) is 20.1 Å². The number of rotatable bonds is 6. The zero-order valence-electron chi connectivity index (χ0n) is 16.2. The molecule has 0 saturated carbocycles. The molecule has 0 fully saturated rings. The molecular formula is C21H22N2O4. The lowest BCUT2D eigenvalue weighted by Crippen LogP contribution is -2.08. The maximum absolute atomic E-state index is 11.9. The molecule has 0 aromatic heterocycles. The van der Waals surface area contributed by atoms with Crippen LogP contribution in [0.3, 0.4) is 0 Å². The van der Waals surface area contributed by atoms with Crippen molar-refractivity contribution in [3.05, 3.63) is 45.0 Å². The number of carbonyl (C=O) groups is 2. The van der Waals surface area contributed by atoms with Crippen LogP contribution in [0.15, 0.2) is 17.2 Å². The zero-order valence-corrected chi connectivity index (χ0v) is 16.2. The van der Waals surface area contributed by atoms with Crippen molar-refractivity contribution < 1.29 is 19.1 Å². The summed E-state index contributed by atoms with van der Waals surface area (Å²) in [6.45, 7) is 9.18. The number of ether oxygens (including phenoxy) is 2. The molecule has 6 heteroatoms. The number of benzene rings is 1. The number of aryl methyl sites for hydroxylation is 2. The summed E-state index contributed by atoms with van der Waals surface area (Å²) in [6, 6.07) is 5.58.